The van der Waals surface area contributed by atoms with Crippen molar-refractivity contribution in [3.63, 3.8) is 0 Å². The van der Waals surface area contributed by atoms with Gasteiger partial charge < -0.3 is 4.57 Å². The molecule has 1 aromatic heterocycles. The van der Waals surface area contributed by atoms with Gasteiger partial charge in [-0.05, 0) is 30.5 Å². The number of carbonyl (C=O) groups excluding carboxylic acids is 1. The van der Waals surface area contributed by atoms with Gasteiger partial charge in [0.15, 0.2) is 5.78 Å². The second kappa shape index (κ2) is 6.12. The maximum Gasteiger partial charge on any atom is 0.161 e. The third kappa shape index (κ3) is 2.51. The standard InChI is InChI=1S/C20H25NO/c1-16(2)19(22)20(13-7-4-8-14-20)21-15-9-12-18(21)17-10-5-3-6-11-17/h3,5-6,9-12,15-16H,4,7-8,13-14H2,1-2H3. The predicted molar refractivity (Wildman–Crippen MR) is 90.8 cm³/mol. The van der Waals surface area contributed by atoms with Gasteiger partial charge in [0.25, 0.3) is 0 Å². The summed E-state index contributed by atoms with van der Waals surface area (Å²) >= 11 is 0. The average Bonchev–Trinajstić information content (AvgIpc) is 3.05. The van der Waals surface area contributed by atoms with Crippen LogP contribution in [-0.4, -0.2) is 10.4 Å². The molecule has 0 aliphatic heterocycles. The van der Waals surface area contributed by atoms with Crippen LogP contribution in [0, 0.1) is 5.92 Å². The summed E-state index contributed by atoms with van der Waals surface area (Å²) in [5.74, 6) is 0.463. The molecule has 2 nitrogen and oxygen atoms in total. The van der Waals surface area contributed by atoms with Crippen LogP contribution in [0.4, 0.5) is 0 Å². The van der Waals surface area contributed by atoms with E-state index in [1.807, 2.05) is 19.9 Å². The predicted octanol–water partition coefficient (Wildman–Crippen LogP) is 5.04. The number of carbonyl (C=O) groups is 1. The summed E-state index contributed by atoms with van der Waals surface area (Å²) in [7, 11) is 0. The maximum atomic E-state index is 13.1. The molecule has 0 unspecified atom stereocenters. The summed E-state index contributed by atoms with van der Waals surface area (Å²) < 4.78 is 2.27. The zero-order valence-electron chi connectivity index (χ0n) is 13.6. The van der Waals surface area contributed by atoms with E-state index in [2.05, 4.69) is 47.2 Å². The molecule has 1 saturated carbocycles. The Kier molecular flexibility index (Phi) is 4.19. The molecule has 0 bridgehead atoms. The number of benzene rings is 1. The van der Waals surface area contributed by atoms with Gasteiger partial charge in [-0.1, -0.05) is 63.4 Å². The number of aromatic nitrogens is 1. The zero-order chi connectivity index (χ0) is 15.6. The second-order valence-electron chi connectivity index (χ2n) is 6.74. The number of hydrogen-bond donors (Lipinski definition) is 0. The van der Waals surface area contributed by atoms with Gasteiger partial charge in [-0.25, -0.2) is 0 Å². The van der Waals surface area contributed by atoms with Gasteiger partial charge in [-0.15, -0.1) is 0 Å². The normalized spacial score (nSPS) is 17.6. The van der Waals surface area contributed by atoms with Crippen LogP contribution in [0.5, 0.6) is 0 Å². The zero-order valence-corrected chi connectivity index (χ0v) is 13.6. The molecular formula is C20H25NO. The second-order valence-corrected chi connectivity index (χ2v) is 6.74. The van der Waals surface area contributed by atoms with E-state index in [-0.39, 0.29) is 11.5 Å². The molecule has 0 saturated heterocycles. The molecule has 1 aromatic carbocycles. The minimum atomic E-state index is -0.346. The Morgan fingerprint density at radius 1 is 1.00 bits per heavy atom. The molecule has 0 amide bonds. The lowest BCUT2D eigenvalue weighted by atomic mass is 9.75. The van der Waals surface area contributed by atoms with Crippen LogP contribution in [0.3, 0.4) is 0 Å². The maximum absolute atomic E-state index is 13.1. The third-order valence-corrected chi connectivity index (χ3v) is 4.94. The van der Waals surface area contributed by atoms with E-state index in [1.54, 1.807) is 0 Å². The largest absolute Gasteiger partial charge is 0.334 e. The Morgan fingerprint density at radius 3 is 2.32 bits per heavy atom. The summed E-state index contributed by atoms with van der Waals surface area (Å²) in [6.45, 7) is 4.06. The van der Waals surface area contributed by atoms with Crippen LogP contribution in [0.15, 0.2) is 48.7 Å². The van der Waals surface area contributed by atoms with E-state index < -0.39 is 0 Å². The van der Waals surface area contributed by atoms with Crippen LogP contribution >= 0.6 is 0 Å². The van der Waals surface area contributed by atoms with Gasteiger partial charge in [0.05, 0.1) is 0 Å². The minimum Gasteiger partial charge on any atom is -0.334 e. The molecule has 1 aliphatic rings. The van der Waals surface area contributed by atoms with Crippen LogP contribution < -0.4 is 0 Å². The molecule has 116 valence electrons. The van der Waals surface area contributed by atoms with Crippen molar-refractivity contribution in [3.05, 3.63) is 48.7 Å². The van der Waals surface area contributed by atoms with Gasteiger partial charge >= 0.3 is 0 Å². The fourth-order valence-electron chi connectivity index (χ4n) is 3.88. The monoisotopic (exact) mass is 295 g/mol. The molecule has 1 aliphatic carbocycles. The van der Waals surface area contributed by atoms with Crippen molar-refractivity contribution in [1.82, 2.24) is 4.57 Å². The summed E-state index contributed by atoms with van der Waals surface area (Å²) in [6.07, 6.45) is 7.58. The summed E-state index contributed by atoms with van der Waals surface area (Å²) in [5.41, 5.74) is 2.01. The quantitative estimate of drug-likeness (QED) is 0.774. The summed E-state index contributed by atoms with van der Waals surface area (Å²) in [6, 6.07) is 14.6. The third-order valence-electron chi connectivity index (χ3n) is 4.94. The molecule has 2 aromatic rings. The molecule has 1 heterocycles. The van der Waals surface area contributed by atoms with Gasteiger partial charge in [-0.2, -0.15) is 0 Å². The number of hydrogen-bond acceptors (Lipinski definition) is 1. The molecule has 0 atom stereocenters. The van der Waals surface area contributed by atoms with E-state index in [0.29, 0.717) is 5.78 Å². The van der Waals surface area contributed by atoms with Crippen molar-refractivity contribution in [3.8, 4) is 11.3 Å². The van der Waals surface area contributed by atoms with Crippen LogP contribution in [0.25, 0.3) is 11.3 Å². The van der Waals surface area contributed by atoms with Gasteiger partial charge in [-0.3, -0.25) is 4.79 Å². The SMILES string of the molecule is CC(C)C(=O)C1(n2cccc2-c2ccccc2)CCCCC1. The Bertz CT molecular complexity index is 633. The highest BCUT2D eigenvalue weighted by Crippen LogP contribution is 2.40. The molecule has 0 radical (unpaired) electrons. The fraction of sp³-hybridized carbons (Fsp3) is 0.450. The van der Waals surface area contributed by atoms with Crippen molar-refractivity contribution in [2.24, 2.45) is 5.92 Å². The van der Waals surface area contributed by atoms with Crippen molar-refractivity contribution in [2.45, 2.75) is 51.5 Å². The summed E-state index contributed by atoms with van der Waals surface area (Å²) in [4.78, 5) is 13.1. The Hall–Kier alpha value is -1.83. The van der Waals surface area contributed by atoms with Crippen LogP contribution in [-0.2, 0) is 10.3 Å². The molecule has 3 rings (SSSR count). The highest BCUT2D eigenvalue weighted by atomic mass is 16.1. The van der Waals surface area contributed by atoms with Gasteiger partial charge in [0.2, 0.25) is 0 Å². The highest BCUT2D eigenvalue weighted by molar-refractivity contribution is 5.89. The molecule has 0 spiro atoms. The van der Waals surface area contributed by atoms with Gasteiger partial charge in [0, 0.05) is 17.8 Å². The number of nitrogens with zero attached hydrogens (tertiary/aromatic N) is 1. The smallest absolute Gasteiger partial charge is 0.161 e. The first-order chi connectivity index (χ1) is 10.6. The molecule has 1 fully saturated rings. The molecule has 0 N–H and O–H groups in total. The van der Waals surface area contributed by atoms with E-state index in [1.165, 1.54) is 12.0 Å². The van der Waals surface area contributed by atoms with Crippen molar-refractivity contribution < 1.29 is 4.79 Å². The lowest BCUT2D eigenvalue weighted by Gasteiger charge is -2.40. The van der Waals surface area contributed by atoms with E-state index >= 15 is 0 Å². The average molecular weight is 295 g/mol. The first-order valence-corrected chi connectivity index (χ1v) is 8.43. The van der Waals surface area contributed by atoms with E-state index in [4.69, 9.17) is 0 Å². The summed E-state index contributed by atoms with van der Waals surface area (Å²) in [5, 5.41) is 0. The van der Waals surface area contributed by atoms with Crippen LogP contribution in [0.2, 0.25) is 0 Å². The van der Waals surface area contributed by atoms with Crippen molar-refractivity contribution >= 4 is 5.78 Å². The number of rotatable bonds is 4. The molecular weight excluding hydrogens is 270 g/mol. The number of ketones is 1. The van der Waals surface area contributed by atoms with Crippen molar-refractivity contribution in [1.29, 1.82) is 0 Å². The molecule has 22 heavy (non-hydrogen) atoms. The van der Waals surface area contributed by atoms with E-state index in [9.17, 15) is 4.79 Å². The fourth-order valence-corrected chi connectivity index (χ4v) is 3.88. The van der Waals surface area contributed by atoms with Crippen molar-refractivity contribution in [2.75, 3.05) is 0 Å². The molecule has 2 heteroatoms. The Balaban J connectivity index is 2.10. The minimum absolute atomic E-state index is 0.0733. The Labute approximate surface area is 133 Å². The topological polar surface area (TPSA) is 22.0 Å². The highest BCUT2D eigenvalue weighted by Gasteiger charge is 2.42. The van der Waals surface area contributed by atoms with Gasteiger partial charge in [0.1, 0.15) is 5.54 Å². The van der Waals surface area contributed by atoms with Crippen LogP contribution in [0.1, 0.15) is 46.0 Å². The Morgan fingerprint density at radius 2 is 1.68 bits per heavy atom. The first-order valence-electron chi connectivity index (χ1n) is 8.43. The lowest BCUT2D eigenvalue weighted by molar-refractivity contribution is -0.132. The van der Waals surface area contributed by atoms with E-state index in [0.717, 1.165) is 31.4 Å². The lowest BCUT2D eigenvalue weighted by Crippen LogP contribution is -2.45. The first kappa shape index (κ1) is 15.1. The number of Topliss-reactive ketones (excluding diaryl/α,β-unsaturated/α-hetero) is 1.